The smallest absolute Gasteiger partial charge is 0.337 e. The number of carbonyl (C=O) groups is 2. The van der Waals surface area contributed by atoms with Gasteiger partial charge in [-0.3, -0.25) is 14.8 Å². The molecule has 2 aromatic rings. The minimum absolute atomic E-state index is 0.191. The van der Waals surface area contributed by atoms with Crippen LogP contribution in [-0.2, 0) is 23.9 Å². The van der Waals surface area contributed by atoms with Crippen molar-refractivity contribution in [2.75, 3.05) is 26.2 Å². The van der Waals surface area contributed by atoms with Crippen molar-refractivity contribution in [3.05, 3.63) is 51.8 Å². The van der Waals surface area contributed by atoms with Crippen LogP contribution in [0.25, 0.3) is 0 Å². The van der Waals surface area contributed by atoms with Gasteiger partial charge in [0.2, 0.25) is 0 Å². The Morgan fingerprint density at radius 3 is 2.60 bits per heavy atom. The zero-order valence-electron chi connectivity index (χ0n) is 19.3. The van der Waals surface area contributed by atoms with Gasteiger partial charge >= 0.3 is 6.18 Å². The molecule has 0 saturated carbocycles. The summed E-state index contributed by atoms with van der Waals surface area (Å²) in [6, 6.07) is 1.71. The monoisotopic (exact) mass is 498 g/mol. The molecule has 0 spiro atoms. The standard InChI is InChI=1S/C24H27F5N4O2/c1-14(7-11-34)12-32-8-6-17-19(13-32)30-31-22(17)23(35)33-9-4-15(5-10-33)16-2-3-18(25)21(26)20(16)24(27,28)29/h2-3,11,14-15H,4-10,12-13H2,1H3,(H,30,31). The highest BCUT2D eigenvalue weighted by molar-refractivity contribution is 5.94. The highest BCUT2D eigenvalue weighted by Gasteiger charge is 2.41. The molecule has 35 heavy (non-hydrogen) atoms. The van der Waals surface area contributed by atoms with E-state index in [0.717, 1.165) is 42.8 Å². The number of nitrogens with one attached hydrogen (secondary N) is 1. The Morgan fingerprint density at radius 2 is 1.94 bits per heavy atom. The molecule has 1 amide bonds. The first-order valence-electron chi connectivity index (χ1n) is 11.7. The Balaban J connectivity index is 1.42. The average Bonchev–Trinajstić information content (AvgIpc) is 3.23. The number of benzene rings is 1. The summed E-state index contributed by atoms with van der Waals surface area (Å²) in [6.07, 6.45) is -2.58. The number of H-pyrrole nitrogens is 1. The third kappa shape index (κ3) is 5.24. The maximum Gasteiger partial charge on any atom is 0.419 e. The summed E-state index contributed by atoms with van der Waals surface area (Å²) < 4.78 is 67.8. The fraction of sp³-hybridized carbons (Fsp3) is 0.542. The molecule has 0 radical (unpaired) electrons. The van der Waals surface area contributed by atoms with E-state index in [1.165, 1.54) is 0 Å². The predicted molar refractivity (Wildman–Crippen MR) is 117 cm³/mol. The lowest BCUT2D eigenvalue weighted by Gasteiger charge is -2.33. The van der Waals surface area contributed by atoms with Crippen LogP contribution in [0.3, 0.4) is 0 Å². The van der Waals surface area contributed by atoms with E-state index < -0.39 is 29.3 Å². The molecule has 2 aliphatic heterocycles. The molecule has 4 rings (SSSR count). The molecule has 1 atom stereocenters. The second-order valence-corrected chi connectivity index (χ2v) is 9.41. The molecule has 1 aromatic carbocycles. The fourth-order valence-corrected chi connectivity index (χ4v) is 5.12. The van der Waals surface area contributed by atoms with Crippen LogP contribution < -0.4 is 0 Å². The van der Waals surface area contributed by atoms with Crippen molar-refractivity contribution in [1.82, 2.24) is 20.0 Å². The van der Waals surface area contributed by atoms with Gasteiger partial charge in [-0.15, -0.1) is 0 Å². The van der Waals surface area contributed by atoms with Crippen LogP contribution >= 0.6 is 0 Å². The number of carbonyl (C=O) groups excluding carboxylic acids is 2. The van der Waals surface area contributed by atoms with E-state index in [1.54, 1.807) is 4.90 Å². The zero-order chi connectivity index (χ0) is 25.3. The molecular formula is C24H27F5N4O2. The molecule has 0 bridgehead atoms. The first-order chi connectivity index (χ1) is 16.6. The number of aldehydes is 1. The second kappa shape index (κ2) is 10.0. The Bertz CT molecular complexity index is 1090. The lowest BCUT2D eigenvalue weighted by Crippen LogP contribution is -2.39. The van der Waals surface area contributed by atoms with Gasteiger partial charge in [0, 0.05) is 44.7 Å². The number of nitrogens with zero attached hydrogens (tertiary/aromatic N) is 3. The van der Waals surface area contributed by atoms with Gasteiger partial charge in [0.1, 0.15) is 6.29 Å². The van der Waals surface area contributed by atoms with Crippen molar-refractivity contribution in [2.24, 2.45) is 5.92 Å². The van der Waals surface area contributed by atoms with E-state index in [9.17, 15) is 31.5 Å². The normalized spacial score (nSPS) is 18.4. The van der Waals surface area contributed by atoms with Gasteiger partial charge in [-0.25, -0.2) is 8.78 Å². The van der Waals surface area contributed by atoms with E-state index in [0.29, 0.717) is 25.1 Å². The molecule has 1 N–H and O–H groups in total. The maximum absolute atomic E-state index is 14.0. The van der Waals surface area contributed by atoms with Gasteiger partial charge in [0.25, 0.3) is 5.91 Å². The Kier molecular flexibility index (Phi) is 7.25. The van der Waals surface area contributed by atoms with Gasteiger partial charge < -0.3 is 9.69 Å². The average molecular weight is 498 g/mol. The third-order valence-corrected chi connectivity index (χ3v) is 6.92. The van der Waals surface area contributed by atoms with Crippen molar-refractivity contribution in [2.45, 2.75) is 51.2 Å². The number of fused-ring (bicyclic) bond motifs is 1. The van der Waals surface area contributed by atoms with Gasteiger partial charge in [0.15, 0.2) is 17.3 Å². The molecule has 0 aliphatic carbocycles. The van der Waals surface area contributed by atoms with Crippen molar-refractivity contribution in [1.29, 1.82) is 0 Å². The Morgan fingerprint density at radius 1 is 1.23 bits per heavy atom. The highest BCUT2D eigenvalue weighted by atomic mass is 19.4. The minimum atomic E-state index is -5.01. The molecule has 1 aromatic heterocycles. The van der Waals surface area contributed by atoms with E-state index in [2.05, 4.69) is 15.1 Å². The summed E-state index contributed by atoms with van der Waals surface area (Å²) in [4.78, 5) is 27.6. The number of hydrogen-bond donors (Lipinski definition) is 1. The largest absolute Gasteiger partial charge is 0.419 e. The van der Waals surface area contributed by atoms with Crippen molar-refractivity contribution in [3.63, 3.8) is 0 Å². The van der Waals surface area contributed by atoms with Crippen LogP contribution in [0.1, 0.15) is 65.0 Å². The summed E-state index contributed by atoms with van der Waals surface area (Å²) in [7, 11) is 0. The van der Waals surface area contributed by atoms with Crippen LogP contribution in [0.15, 0.2) is 12.1 Å². The predicted octanol–water partition coefficient (Wildman–Crippen LogP) is 4.31. The molecule has 190 valence electrons. The van der Waals surface area contributed by atoms with Crippen LogP contribution in [0.5, 0.6) is 0 Å². The number of hydrogen-bond acceptors (Lipinski definition) is 4. The molecule has 1 fully saturated rings. The number of aromatic amines is 1. The number of piperidine rings is 1. The van der Waals surface area contributed by atoms with E-state index in [-0.39, 0.29) is 43.3 Å². The molecule has 1 saturated heterocycles. The SMILES string of the molecule is CC(CC=O)CN1CCc2c(C(=O)N3CCC(c4ccc(F)c(F)c4C(F)(F)F)CC3)n[nH]c2C1. The Hall–Kier alpha value is -2.82. The molecule has 11 heteroatoms. The topological polar surface area (TPSA) is 69.3 Å². The number of alkyl halides is 3. The number of likely N-dealkylation sites (tertiary alicyclic amines) is 1. The number of amides is 1. The molecule has 6 nitrogen and oxygen atoms in total. The van der Waals surface area contributed by atoms with E-state index >= 15 is 0 Å². The Labute approximate surface area is 199 Å². The lowest BCUT2D eigenvalue weighted by atomic mass is 9.85. The quantitative estimate of drug-likeness (QED) is 0.476. The van der Waals surface area contributed by atoms with Gasteiger partial charge in [-0.2, -0.15) is 18.3 Å². The number of rotatable bonds is 6. The third-order valence-electron chi connectivity index (χ3n) is 6.92. The minimum Gasteiger partial charge on any atom is -0.337 e. The maximum atomic E-state index is 14.0. The molecule has 3 heterocycles. The van der Waals surface area contributed by atoms with Crippen LogP contribution in [0.4, 0.5) is 22.0 Å². The summed E-state index contributed by atoms with van der Waals surface area (Å²) in [5.41, 5.74) is 0.184. The molecule has 2 aliphatic rings. The summed E-state index contributed by atoms with van der Waals surface area (Å²) in [5.74, 6) is -4.11. The number of halogens is 5. The van der Waals surface area contributed by atoms with Gasteiger partial charge in [-0.1, -0.05) is 13.0 Å². The molecule has 1 unspecified atom stereocenters. The van der Waals surface area contributed by atoms with E-state index in [1.807, 2.05) is 6.92 Å². The highest BCUT2D eigenvalue weighted by Crippen LogP contribution is 2.41. The zero-order valence-corrected chi connectivity index (χ0v) is 19.3. The van der Waals surface area contributed by atoms with Crippen LogP contribution in [0, 0.1) is 17.6 Å². The van der Waals surface area contributed by atoms with Crippen molar-refractivity contribution >= 4 is 12.2 Å². The number of aromatic nitrogens is 2. The first-order valence-corrected chi connectivity index (χ1v) is 11.7. The van der Waals surface area contributed by atoms with Crippen LogP contribution in [0.2, 0.25) is 0 Å². The van der Waals surface area contributed by atoms with Crippen LogP contribution in [-0.4, -0.2) is 58.4 Å². The summed E-state index contributed by atoms with van der Waals surface area (Å²) >= 11 is 0. The van der Waals surface area contributed by atoms with Crippen molar-refractivity contribution in [3.8, 4) is 0 Å². The summed E-state index contributed by atoms with van der Waals surface area (Å²) in [5, 5.41) is 7.17. The van der Waals surface area contributed by atoms with Gasteiger partial charge in [-0.05, 0) is 42.7 Å². The fourth-order valence-electron chi connectivity index (χ4n) is 5.12. The van der Waals surface area contributed by atoms with Gasteiger partial charge in [0.05, 0.1) is 11.3 Å². The molecular weight excluding hydrogens is 471 g/mol. The van der Waals surface area contributed by atoms with Crippen molar-refractivity contribution < 1.29 is 31.5 Å². The second-order valence-electron chi connectivity index (χ2n) is 9.41. The lowest BCUT2D eigenvalue weighted by molar-refractivity contribution is -0.141. The first kappa shape index (κ1) is 25.3. The van der Waals surface area contributed by atoms with E-state index in [4.69, 9.17) is 0 Å². The summed E-state index contributed by atoms with van der Waals surface area (Å²) in [6.45, 7) is 4.48.